The number of fused-ring (bicyclic) bond motifs is 1. The first-order valence-corrected chi connectivity index (χ1v) is 6.31. The van der Waals surface area contributed by atoms with Gasteiger partial charge in [0.1, 0.15) is 0 Å². The van der Waals surface area contributed by atoms with E-state index in [0.717, 1.165) is 5.52 Å². The number of para-hydroxylation sites is 1. The minimum absolute atomic E-state index is 0.0100. The van der Waals surface area contributed by atoms with Crippen molar-refractivity contribution in [1.29, 1.82) is 0 Å². The zero-order chi connectivity index (χ0) is 14.8. The number of hydrogen-bond acceptors (Lipinski definition) is 4. The van der Waals surface area contributed by atoms with Crippen LogP contribution in [0.25, 0.3) is 10.9 Å². The molecule has 2 heterocycles. The minimum atomic E-state index is -0.507. The van der Waals surface area contributed by atoms with Crippen LogP contribution in [0.4, 0.5) is 5.82 Å². The molecule has 0 spiro atoms. The molecular weight excluding hydrogens is 268 g/mol. The van der Waals surface area contributed by atoms with Crippen molar-refractivity contribution in [1.82, 2.24) is 9.55 Å². The highest BCUT2D eigenvalue weighted by Crippen LogP contribution is 2.37. The molecule has 6 nitrogen and oxygen atoms in total. The maximum atomic E-state index is 11.9. The number of carbonyl (C=O) groups excluding carboxylic acids is 1. The summed E-state index contributed by atoms with van der Waals surface area (Å²) >= 11 is 0. The summed E-state index contributed by atoms with van der Waals surface area (Å²) in [7, 11) is 1.75. The number of carbonyl (C=O) groups is 1. The number of aromatic hydroxyl groups is 1. The standard InChI is InChI=1S/C15H12N4O2/c1-19-12-7-3-2-6-11(12)13(20)14(19)17-18-15(21)10-5-4-8-16-9-10/h2-9,20H,1H3. The van der Waals surface area contributed by atoms with E-state index in [2.05, 4.69) is 15.2 Å². The predicted molar refractivity (Wildman–Crippen MR) is 77.7 cm³/mol. The van der Waals surface area contributed by atoms with Crippen LogP contribution in [0.5, 0.6) is 5.75 Å². The Kier molecular flexibility index (Phi) is 3.19. The maximum Gasteiger partial charge on any atom is 0.297 e. The molecule has 0 saturated carbocycles. The van der Waals surface area contributed by atoms with E-state index >= 15 is 0 Å². The first kappa shape index (κ1) is 13.0. The fourth-order valence-electron chi connectivity index (χ4n) is 2.11. The van der Waals surface area contributed by atoms with Crippen LogP contribution in [-0.4, -0.2) is 20.6 Å². The fourth-order valence-corrected chi connectivity index (χ4v) is 2.11. The van der Waals surface area contributed by atoms with Gasteiger partial charge in [0.15, 0.2) is 11.6 Å². The smallest absolute Gasteiger partial charge is 0.297 e. The number of nitrogens with zero attached hydrogens (tertiary/aromatic N) is 4. The molecule has 0 bridgehead atoms. The molecule has 3 rings (SSSR count). The van der Waals surface area contributed by atoms with Gasteiger partial charge >= 0.3 is 0 Å². The lowest BCUT2D eigenvalue weighted by molar-refractivity contribution is 0.0994. The van der Waals surface area contributed by atoms with Gasteiger partial charge in [0.25, 0.3) is 5.91 Å². The molecule has 1 N–H and O–H groups in total. The molecule has 0 radical (unpaired) electrons. The van der Waals surface area contributed by atoms with Crippen molar-refractivity contribution in [3.05, 3.63) is 54.4 Å². The largest absolute Gasteiger partial charge is 0.504 e. The zero-order valence-corrected chi connectivity index (χ0v) is 11.3. The quantitative estimate of drug-likeness (QED) is 0.732. The summed E-state index contributed by atoms with van der Waals surface area (Å²) in [4.78, 5) is 15.7. The molecular formula is C15H12N4O2. The normalized spacial score (nSPS) is 11.3. The summed E-state index contributed by atoms with van der Waals surface area (Å²) in [6.45, 7) is 0. The number of amides is 1. The summed E-state index contributed by atoms with van der Waals surface area (Å²) in [6, 6.07) is 10.6. The Morgan fingerprint density at radius 2 is 2.05 bits per heavy atom. The number of aryl methyl sites for hydroxylation is 1. The first-order chi connectivity index (χ1) is 10.2. The molecule has 21 heavy (non-hydrogen) atoms. The van der Waals surface area contributed by atoms with Crippen molar-refractivity contribution in [2.75, 3.05) is 0 Å². The van der Waals surface area contributed by atoms with Crippen LogP contribution in [0.2, 0.25) is 0 Å². The van der Waals surface area contributed by atoms with Gasteiger partial charge in [-0.1, -0.05) is 12.1 Å². The number of hydrogen-bond donors (Lipinski definition) is 1. The first-order valence-electron chi connectivity index (χ1n) is 6.31. The van der Waals surface area contributed by atoms with E-state index in [1.807, 2.05) is 18.2 Å². The molecule has 1 amide bonds. The lowest BCUT2D eigenvalue weighted by Gasteiger charge is -1.97. The van der Waals surface area contributed by atoms with E-state index in [-0.39, 0.29) is 11.6 Å². The second-order valence-electron chi connectivity index (χ2n) is 4.50. The summed E-state index contributed by atoms with van der Waals surface area (Å²) in [5, 5.41) is 18.4. The van der Waals surface area contributed by atoms with Gasteiger partial charge in [-0.05, 0) is 24.3 Å². The molecule has 1 aromatic carbocycles. The lowest BCUT2D eigenvalue weighted by atomic mass is 10.2. The van der Waals surface area contributed by atoms with E-state index in [1.165, 1.54) is 6.20 Å². The molecule has 0 saturated heterocycles. The van der Waals surface area contributed by atoms with Crippen molar-refractivity contribution in [3.63, 3.8) is 0 Å². The van der Waals surface area contributed by atoms with Crippen LogP contribution in [-0.2, 0) is 7.05 Å². The van der Waals surface area contributed by atoms with Gasteiger partial charge < -0.3 is 9.67 Å². The van der Waals surface area contributed by atoms with Gasteiger partial charge in [-0.2, -0.15) is 0 Å². The molecule has 104 valence electrons. The second-order valence-corrected chi connectivity index (χ2v) is 4.50. The molecule has 0 atom stereocenters. The number of pyridine rings is 1. The van der Waals surface area contributed by atoms with Crippen LogP contribution in [0.3, 0.4) is 0 Å². The van der Waals surface area contributed by atoms with Gasteiger partial charge in [0, 0.05) is 24.8 Å². The molecule has 0 aliphatic rings. The van der Waals surface area contributed by atoms with Gasteiger partial charge in [-0.15, -0.1) is 10.2 Å². The van der Waals surface area contributed by atoms with E-state index in [9.17, 15) is 9.90 Å². The molecule has 0 unspecified atom stereocenters. The van der Waals surface area contributed by atoms with E-state index in [1.54, 1.807) is 36.0 Å². The molecule has 2 aromatic heterocycles. The Hall–Kier alpha value is -3.02. The average molecular weight is 280 g/mol. The van der Waals surface area contributed by atoms with Crippen molar-refractivity contribution >= 4 is 22.6 Å². The fraction of sp³-hybridized carbons (Fsp3) is 0.0667. The van der Waals surface area contributed by atoms with Crippen molar-refractivity contribution in [2.24, 2.45) is 17.3 Å². The zero-order valence-electron chi connectivity index (χ0n) is 11.3. The van der Waals surface area contributed by atoms with Gasteiger partial charge in [-0.25, -0.2) is 0 Å². The van der Waals surface area contributed by atoms with E-state index in [4.69, 9.17) is 0 Å². The molecule has 6 heteroatoms. The summed E-state index contributed by atoms with van der Waals surface area (Å²) in [6.07, 6.45) is 2.99. The third kappa shape index (κ3) is 2.27. The van der Waals surface area contributed by atoms with Crippen molar-refractivity contribution in [3.8, 4) is 5.75 Å². The monoisotopic (exact) mass is 280 g/mol. The van der Waals surface area contributed by atoms with Crippen LogP contribution in [0.15, 0.2) is 59.0 Å². The highest BCUT2D eigenvalue weighted by molar-refractivity contribution is 5.95. The summed E-state index contributed by atoms with van der Waals surface area (Å²) < 4.78 is 1.69. The second kappa shape index (κ2) is 5.16. The van der Waals surface area contributed by atoms with Crippen molar-refractivity contribution in [2.45, 2.75) is 0 Å². The summed E-state index contributed by atoms with van der Waals surface area (Å²) in [5.41, 5.74) is 1.16. The Morgan fingerprint density at radius 3 is 2.76 bits per heavy atom. The number of azo groups is 1. The predicted octanol–water partition coefficient (Wildman–Crippen LogP) is 3.20. The highest BCUT2D eigenvalue weighted by atomic mass is 16.3. The van der Waals surface area contributed by atoms with Crippen LogP contribution in [0.1, 0.15) is 10.4 Å². The lowest BCUT2D eigenvalue weighted by Crippen LogP contribution is -1.94. The van der Waals surface area contributed by atoms with Crippen molar-refractivity contribution < 1.29 is 9.90 Å². The molecule has 0 aliphatic heterocycles. The van der Waals surface area contributed by atoms with Gasteiger partial charge in [0.05, 0.1) is 11.1 Å². The number of aromatic nitrogens is 2. The Balaban J connectivity index is 1.99. The maximum absolute atomic E-state index is 11.9. The Morgan fingerprint density at radius 1 is 1.24 bits per heavy atom. The Bertz CT molecular complexity index is 799. The average Bonchev–Trinajstić information content (AvgIpc) is 2.78. The highest BCUT2D eigenvalue weighted by Gasteiger charge is 2.14. The number of rotatable bonds is 2. The minimum Gasteiger partial charge on any atom is -0.504 e. The van der Waals surface area contributed by atoms with Gasteiger partial charge in [-0.3, -0.25) is 9.78 Å². The third-order valence-electron chi connectivity index (χ3n) is 3.19. The van der Waals surface area contributed by atoms with Gasteiger partial charge in [0.2, 0.25) is 0 Å². The topological polar surface area (TPSA) is 79.8 Å². The Labute approximate surface area is 120 Å². The molecule has 3 aromatic rings. The van der Waals surface area contributed by atoms with E-state index in [0.29, 0.717) is 10.9 Å². The van der Waals surface area contributed by atoms with Crippen LogP contribution < -0.4 is 0 Å². The number of benzene rings is 1. The van der Waals surface area contributed by atoms with E-state index < -0.39 is 5.91 Å². The third-order valence-corrected chi connectivity index (χ3v) is 3.19. The molecule has 0 fully saturated rings. The molecule has 0 aliphatic carbocycles. The van der Waals surface area contributed by atoms with Crippen LogP contribution in [0, 0.1) is 0 Å². The summed E-state index contributed by atoms with van der Waals surface area (Å²) in [5.74, 6) is -0.253. The van der Waals surface area contributed by atoms with Crippen LogP contribution >= 0.6 is 0 Å². The SMILES string of the molecule is Cn1c(N=NC(=O)c2cccnc2)c(O)c2ccccc21.